The molecule has 0 aliphatic carbocycles. The van der Waals surface area contributed by atoms with Crippen LogP contribution in [0.25, 0.3) is 0 Å². The largest absolute Gasteiger partial charge is 0.376 e. The molecule has 0 radical (unpaired) electrons. The number of rotatable bonds is 10. The van der Waals surface area contributed by atoms with Crippen LogP contribution < -0.4 is 0 Å². The molecule has 0 spiro atoms. The van der Waals surface area contributed by atoms with Gasteiger partial charge in [0, 0.05) is 0 Å². The van der Waals surface area contributed by atoms with Crippen LogP contribution in [0.3, 0.4) is 0 Å². The molecule has 0 N–H and O–H groups in total. The molecular weight excluding hydrogens is 215 g/mol. The lowest BCUT2D eigenvalue weighted by atomic mass is 9.86. The number of alkyl halides is 1. The third kappa shape index (κ3) is 9.58. The molecule has 0 aromatic carbocycles. The fourth-order valence-electron chi connectivity index (χ4n) is 1.99. The molecule has 0 aliphatic rings. The van der Waals surface area contributed by atoms with Crippen LogP contribution in [-0.4, -0.2) is 19.4 Å². The lowest BCUT2D eigenvalue weighted by molar-refractivity contribution is 0.0455. The standard InChI is InChI=1S/C15H31FO/c1-12(2)6-7-13(3)14(4)8-9-15(5)17-11-10-16/h12-15H,6-11H2,1-5H3. The van der Waals surface area contributed by atoms with Crippen LogP contribution in [0.4, 0.5) is 4.39 Å². The van der Waals surface area contributed by atoms with Crippen LogP contribution in [0.5, 0.6) is 0 Å². The van der Waals surface area contributed by atoms with Gasteiger partial charge >= 0.3 is 0 Å². The van der Waals surface area contributed by atoms with Gasteiger partial charge in [0.05, 0.1) is 12.7 Å². The fourth-order valence-corrected chi connectivity index (χ4v) is 1.99. The molecule has 17 heavy (non-hydrogen) atoms. The van der Waals surface area contributed by atoms with Crippen LogP contribution >= 0.6 is 0 Å². The van der Waals surface area contributed by atoms with Gasteiger partial charge in [-0.3, -0.25) is 0 Å². The Labute approximate surface area is 107 Å². The summed E-state index contributed by atoms with van der Waals surface area (Å²) in [6.45, 7) is 11.2. The molecule has 0 fully saturated rings. The number of ether oxygens (including phenoxy) is 1. The highest BCUT2D eigenvalue weighted by atomic mass is 19.1. The minimum Gasteiger partial charge on any atom is -0.376 e. The van der Waals surface area contributed by atoms with Gasteiger partial charge in [0.15, 0.2) is 0 Å². The molecule has 3 unspecified atom stereocenters. The summed E-state index contributed by atoms with van der Waals surface area (Å²) in [6.07, 6.45) is 5.07. The summed E-state index contributed by atoms with van der Waals surface area (Å²) in [5.41, 5.74) is 0. The van der Waals surface area contributed by atoms with Crippen molar-refractivity contribution in [2.45, 2.75) is 66.4 Å². The quantitative estimate of drug-likeness (QED) is 0.535. The van der Waals surface area contributed by atoms with Crippen molar-refractivity contribution in [3.05, 3.63) is 0 Å². The van der Waals surface area contributed by atoms with E-state index in [1.165, 1.54) is 19.3 Å². The third-order valence-electron chi connectivity index (χ3n) is 3.68. The van der Waals surface area contributed by atoms with E-state index in [4.69, 9.17) is 4.74 Å². The Balaban J connectivity index is 3.65. The van der Waals surface area contributed by atoms with Crippen LogP contribution in [0.15, 0.2) is 0 Å². The maximum absolute atomic E-state index is 11.9. The first-order chi connectivity index (χ1) is 7.97. The molecule has 104 valence electrons. The summed E-state index contributed by atoms with van der Waals surface area (Å²) in [5, 5.41) is 0. The lowest BCUT2D eigenvalue weighted by Crippen LogP contribution is -2.15. The number of halogens is 1. The molecule has 0 amide bonds. The van der Waals surface area contributed by atoms with Gasteiger partial charge in [-0.25, -0.2) is 4.39 Å². The lowest BCUT2D eigenvalue weighted by Gasteiger charge is -2.22. The van der Waals surface area contributed by atoms with E-state index in [1.807, 2.05) is 6.92 Å². The number of hydrogen-bond acceptors (Lipinski definition) is 1. The van der Waals surface area contributed by atoms with Gasteiger partial charge in [0.1, 0.15) is 6.67 Å². The van der Waals surface area contributed by atoms with E-state index < -0.39 is 0 Å². The summed E-state index contributed by atoms with van der Waals surface area (Å²) < 4.78 is 17.3. The van der Waals surface area contributed by atoms with E-state index >= 15 is 0 Å². The van der Waals surface area contributed by atoms with Gasteiger partial charge in [-0.15, -0.1) is 0 Å². The van der Waals surface area contributed by atoms with Crippen molar-refractivity contribution >= 4 is 0 Å². The second-order valence-corrected chi connectivity index (χ2v) is 5.87. The summed E-state index contributed by atoms with van der Waals surface area (Å²) in [6, 6.07) is 0. The van der Waals surface area contributed by atoms with Gasteiger partial charge in [0.2, 0.25) is 0 Å². The first-order valence-electron chi connectivity index (χ1n) is 7.14. The second-order valence-electron chi connectivity index (χ2n) is 5.87. The van der Waals surface area contributed by atoms with E-state index in [2.05, 4.69) is 27.7 Å². The molecule has 0 saturated heterocycles. The van der Waals surface area contributed by atoms with Gasteiger partial charge in [0.25, 0.3) is 0 Å². The van der Waals surface area contributed by atoms with Gasteiger partial charge in [-0.1, -0.05) is 40.5 Å². The minimum absolute atomic E-state index is 0.200. The normalized spacial score (nSPS) is 17.1. The molecule has 0 heterocycles. The Hall–Kier alpha value is -0.110. The summed E-state index contributed by atoms with van der Waals surface area (Å²) in [5.74, 6) is 2.33. The Kier molecular flexibility index (Phi) is 9.81. The second kappa shape index (κ2) is 9.87. The molecule has 1 nitrogen and oxygen atoms in total. The van der Waals surface area contributed by atoms with Crippen molar-refractivity contribution in [3.8, 4) is 0 Å². The zero-order valence-corrected chi connectivity index (χ0v) is 12.3. The zero-order valence-electron chi connectivity index (χ0n) is 12.3. The molecule has 0 bridgehead atoms. The summed E-state index contributed by atoms with van der Waals surface area (Å²) in [7, 11) is 0. The summed E-state index contributed by atoms with van der Waals surface area (Å²) in [4.78, 5) is 0. The van der Waals surface area contributed by atoms with E-state index in [9.17, 15) is 4.39 Å². The van der Waals surface area contributed by atoms with Gasteiger partial charge in [-0.2, -0.15) is 0 Å². The zero-order chi connectivity index (χ0) is 13.3. The molecule has 0 aromatic rings. The van der Waals surface area contributed by atoms with Crippen LogP contribution in [-0.2, 0) is 4.74 Å². The first-order valence-corrected chi connectivity index (χ1v) is 7.14. The Morgan fingerprint density at radius 3 is 1.82 bits per heavy atom. The van der Waals surface area contributed by atoms with Crippen LogP contribution in [0.2, 0.25) is 0 Å². The predicted octanol–water partition coefficient (Wildman–Crippen LogP) is 4.85. The fraction of sp³-hybridized carbons (Fsp3) is 1.00. The van der Waals surface area contributed by atoms with Crippen molar-refractivity contribution in [1.82, 2.24) is 0 Å². The maximum atomic E-state index is 11.9. The average molecular weight is 246 g/mol. The molecule has 0 aromatic heterocycles. The van der Waals surface area contributed by atoms with Crippen molar-refractivity contribution in [1.29, 1.82) is 0 Å². The number of hydrogen-bond donors (Lipinski definition) is 0. The molecule has 0 rings (SSSR count). The highest BCUT2D eigenvalue weighted by molar-refractivity contribution is 4.65. The van der Waals surface area contributed by atoms with Crippen molar-refractivity contribution < 1.29 is 9.13 Å². The monoisotopic (exact) mass is 246 g/mol. The van der Waals surface area contributed by atoms with E-state index in [1.54, 1.807) is 0 Å². The maximum Gasteiger partial charge on any atom is 0.113 e. The van der Waals surface area contributed by atoms with E-state index in [-0.39, 0.29) is 19.4 Å². The Morgan fingerprint density at radius 2 is 1.35 bits per heavy atom. The van der Waals surface area contributed by atoms with Gasteiger partial charge < -0.3 is 4.74 Å². The SMILES string of the molecule is CC(C)CCC(C)C(C)CCC(C)OCCF. The van der Waals surface area contributed by atoms with Crippen molar-refractivity contribution in [3.63, 3.8) is 0 Å². The average Bonchev–Trinajstić information content (AvgIpc) is 2.29. The van der Waals surface area contributed by atoms with E-state index in [0.29, 0.717) is 0 Å². The van der Waals surface area contributed by atoms with E-state index in [0.717, 1.165) is 24.2 Å². The summed E-state index contributed by atoms with van der Waals surface area (Å²) >= 11 is 0. The smallest absolute Gasteiger partial charge is 0.113 e. The van der Waals surface area contributed by atoms with Crippen molar-refractivity contribution in [2.75, 3.05) is 13.3 Å². The third-order valence-corrected chi connectivity index (χ3v) is 3.68. The highest BCUT2D eigenvalue weighted by Gasteiger charge is 2.14. The molecular formula is C15H31FO. The Morgan fingerprint density at radius 1 is 0.824 bits per heavy atom. The van der Waals surface area contributed by atoms with Gasteiger partial charge in [-0.05, 0) is 37.5 Å². The first kappa shape index (κ1) is 16.9. The molecule has 3 atom stereocenters. The molecule has 2 heteroatoms. The Bertz CT molecular complexity index is 170. The predicted molar refractivity (Wildman–Crippen MR) is 73.0 cm³/mol. The molecule has 0 saturated carbocycles. The topological polar surface area (TPSA) is 9.23 Å². The molecule has 0 aliphatic heterocycles. The minimum atomic E-state index is -0.370. The van der Waals surface area contributed by atoms with Crippen LogP contribution in [0, 0.1) is 17.8 Å². The van der Waals surface area contributed by atoms with Crippen LogP contribution in [0.1, 0.15) is 60.3 Å². The highest BCUT2D eigenvalue weighted by Crippen LogP contribution is 2.24. The van der Waals surface area contributed by atoms with Crippen molar-refractivity contribution in [2.24, 2.45) is 17.8 Å².